The zero-order valence-corrected chi connectivity index (χ0v) is 18.3. The number of phenolic OH excluding ortho intramolecular Hbond substituents is 1. The van der Waals surface area contributed by atoms with Crippen LogP contribution in [0.15, 0.2) is 23.8 Å². The largest absolute Gasteiger partial charge is 0.550 e. The lowest BCUT2D eigenvalue weighted by molar-refractivity contribution is -0.305. The highest BCUT2D eigenvalue weighted by atomic mass is 16.5. The highest BCUT2D eigenvalue weighted by molar-refractivity contribution is 5.64. The second-order valence-electron chi connectivity index (χ2n) is 8.78. The lowest BCUT2D eigenvalue weighted by atomic mass is 9.68. The number of aliphatic carboxylic acids is 1. The van der Waals surface area contributed by atoms with Gasteiger partial charge in [-0.2, -0.15) is 0 Å². The second-order valence-corrected chi connectivity index (χ2v) is 8.78. The van der Waals surface area contributed by atoms with Gasteiger partial charge in [-0.05, 0) is 77.1 Å². The molecule has 0 radical (unpaired) electrons. The molecule has 0 saturated heterocycles. The average Bonchev–Trinajstić information content (AvgIpc) is 2.61. The lowest BCUT2D eigenvalue weighted by Crippen LogP contribution is -2.45. The molecule has 2 aliphatic rings. The van der Waals surface area contributed by atoms with Gasteiger partial charge < -0.3 is 25.5 Å². The van der Waals surface area contributed by atoms with E-state index in [-0.39, 0.29) is 24.5 Å². The summed E-state index contributed by atoms with van der Waals surface area (Å²) in [7, 11) is 0. The molecule has 1 aliphatic carbocycles. The van der Waals surface area contributed by atoms with Crippen LogP contribution < -0.4 is 15.6 Å². The Morgan fingerprint density at radius 2 is 2.07 bits per heavy atom. The number of allylic oxidation sites excluding steroid dienone is 2. The van der Waals surface area contributed by atoms with E-state index in [0.29, 0.717) is 11.7 Å². The predicted molar refractivity (Wildman–Crippen MR) is 114 cm³/mol. The van der Waals surface area contributed by atoms with Crippen LogP contribution in [0.2, 0.25) is 0 Å². The molecule has 162 valence electrons. The number of phenols is 1. The molecule has 0 saturated carbocycles. The SMILES string of the molecule is CCCCCc1cc(O)c2c(c1)OC(C)(C)[C@@H]1CCC(C)=C[C@@H]21.NCCC(=O)[O-]. The summed E-state index contributed by atoms with van der Waals surface area (Å²) in [6.45, 7) is 8.98. The molecule has 29 heavy (non-hydrogen) atoms. The van der Waals surface area contributed by atoms with Crippen molar-refractivity contribution >= 4 is 5.97 Å². The van der Waals surface area contributed by atoms with Crippen LogP contribution >= 0.6 is 0 Å². The van der Waals surface area contributed by atoms with Crippen LogP contribution in [0.5, 0.6) is 11.5 Å². The Labute approximate surface area is 175 Å². The molecule has 1 heterocycles. The number of unbranched alkanes of at least 4 members (excludes halogenated alkanes) is 2. The number of nitrogens with two attached hydrogens (primary N) is 1. The summed E-state index contributed by atoms with van der Waals surface area (Å²) in [5.74, 6) is 0.958. The Kier molecular flexibility index (Phi) is 8.14. The minimum atomic E-state index is -1.09. The predicted octanol–water partition coefficient (Wildman–Crippen LogP) is 3.82. The number of ether oxygens (including phenoxy) is 1. The zero-order chi connectivity index (χ0) is 21.6. The van der Waals surface area contributed by atoms with Crippen LogP contribution in [0.4, 0.5) is 0 Å². The number of aryl methyl sites for hydroxylation is 1. The van der Waals surface area contributed by atoms with E-state index in [1.54, 1.807) is 0 Å². The average molecular weight is 403 g/mol. The van der Waals surface area contributed by atoms with Gasteiger partial charge in [-0.1, -0.05) is 31.4 Å². The molecular weight excluding hydrogens is 366 g/mol. The van der Waals surface area contributed by atoms with Gasteiger partial charge in [-0.3, -0.25) is 0 Å². The first kappa shape index (κ1) is 23.3. The number of hydrogen-bond acceptors (Lipinski definition) is 5. The Bertz CT molecular complexity index is 739. The number of fused-ring (bicyclic) bond motifs is 3. The van der Waals surface area contributed by atoms with Crippen LogP contribution in [0.3, 0.4) is 0 Å². The molecule has 3 rings (SSSR count). The van der Waals surface area contributed by atoms with E-state index in [9.17, 15) is 15.0 Å². The van der Waals surface area contributed by atoms with E-state index in [2.05, 4.69) is 39.8 Å². The van der Waals surface area contributed by atoms with Gasteiger partial charge >= 0.3 is 0 Å². The molecule has 0 spiro atoms. The van der Waals surface area contributed by atoms with Gasteiger partial charge in [-0.15, -0.1) is 0 Å². The minimum Gasteiger partial charge on any atom is -0.550 e. The van der Waals surface area contributed by atoms with Crippen LogP contribution in [-0.4, -0.2) is 23.2 Å². The first-order valence-electron chi connectivity index (χ1n) is 10.8. The normalized spacial score (nSPS) is 21.6. The van der Waals surface area contributed by atoms with E-state index < -0.39 is 5.97 Å². The molecular formula is C24H36NO4-. The van der Waals surface area contributed by atoms with E-state index >= 15 is 0 Å². The first-order chi connectivity index (χ1) is 13.7. The third kappa shape index (κ3) is 5.99. The van der Waals surface area contributed by atoms with Gasteiger partial charge in [0.2, 0.25) is 0 Å². The van der Waals surface area contributed by atoms with Gasteiger partial charge in [-0.25, -0.2) is 0 Å². The van der Waals surface area contributed by atoms with Gasteiger partial charge in [0, 0.05) is 23.4 Å². The molecule has 1 aromatic rings. The van der Waals surface area contributed by atoms with Gasteiger partial charge in [0.25, 0.3) is 0 Å². The van der Waals surface area contributed by atoms with Crippen LogP contribution in [-0.2, 0) is 11.2 Å². The fourth-order valence-corrected chi connectivity index (χ4v) is 4.42. The van der Waals surface area contributed by atoms with E-state index in [1.165, 1.54) is 30.4 Å². The van der Waals surface area contributed by atoms with Crippen LogP contribution in [0.1, 0.15) is 83.3 Å². The molecule has 0 bridgehead atoms. The Hall–Kier alpha value is -2.01. The van der Waals surface area contributed by atoms with Crippen molar-refractivity contribution in [2.24, 2.45) is 11.7 Å². The summed E-state index contributed by atoms with van der Waals surface area (Å²) in [6.07, 6.45) is 9.22. The smallest absolute Gasteiger partial charge is 0.127 e. The molecule has 2 atom stereocenters. The number of benzene rings is 1. The third-order valence-corrected chi connectivity index (χ3v) is 5.94. The summed E-state index contributed by atoms with van der Waals surface area (Å²) in [4.78, 5) is 9.41. The molecule has 0 aromatic heterocycles. The van der Waals surface area contributed by atoms with E-state index in [4.69, 9.17) is 10.5 Å². The highest BCUT2D eigenvalue weighted by Gasteiger charge is 2.45. The Morgan fingerprint density at radius 1 is 1.34 bits per heavy atom. The number of aromatic hydroxyl groups is 1. The summed E-state index contributed by atoms with van der Waals surface area (Å²) >= 11 is 0. The van der Waals surface area contributed by atoms with Crippen molar-refractivity contribution in [3.05, 3.63) is 34.9 Å². The van der Waals surface area contributed by atoms with Gasteiger partial charge in [0.05, 0.1) is 0 Å². The van der Waals surface area contributed by atoms with Crippen molar-refractivity contribution in [3.8, 4) is 11.5 Å². The molecule has 3 N–H and O–H groups in total. The first-order valence-corrected chi connectivity index (χ1v) is 10.8. The molecule has 1 aliphatic heterocycles. The van der Waals surface area contributed by atoms with Crippen molar-refractivity contribution in [2.75, 3.05) is 6.54 Å². The zero-order valence-electron chi connectivity index (χ0n) is 18.3. The topological polar surface area (TPSA) is 95.6 Å². The minimum absolute atomic E-state index is 0.0417. The number of hydrogen-bond donors (Lipinski definition) is 2. The second kappa shape index (κ2) is 10.1. The molecule has 1 aromatic carbocycles. The maximum atomic E-state index is 10.7. The van der Waals surface area contributed by atoms with Crippen molar-refractivity contribution in [3.63, 3.8) is 0 Å². The Morgan fingerprint density at radius 3 is 2.66 bits per heavy atom. The number of rotatable bonds is 6. The molecule has 5 heteroatoms. The molecule has 0 unspecified atom stereocenters. The van der Waals surface area contributed by atoms with Gasteiger partial charge in [0.1, 0.15) is 17.1 Å². The summed E-state index contributed by atoms with van der Waals surface area (Å²) < 4.78 is 6.36. The number of carboxylic acids is 1. The lowest BCUT2D eigenvalue weighted by Gasteiger charge is -2.46. The Balaban J connectivity index is 0.000000438. The van der Waals surface area contributed by atoms with Crippen LogP contribution in [0, 0.1) is 5.92 Å². The fraction of sp³-hybridized carbons (Fsp3) is 0.625. The summed E-state index contributed by atoms with van der Waals surface area (Å²) in [6, 6.07) is 4.13. The van der Waals surface area contributed by atoms with Gasteiger partial charge in [0.15, 0.2) is 0 Å². The maximum Gasteiger partial charge on any atom is 0.127 e. The number of carboxylic acid groups (broad SMARTS) is 1. The number of carbonyl (C=O) groups excluding carboxylic acids is 1. The summed E-state index contributed by atoms with van der Waals surface area (Å²) in [5.41, 5.74) is 8.27. The van der Waals surface area contributed by atoms with Crippen molar-refractivity contribution in [2.45, 2.75) is 84.2 Å². The van der Waals surface area contributed by atoms with Crippen molar-refractivity contribution < 1.29 is 19.7 Å². The monoisotopic (exact) mass is 402 g/mol. The third-order valence-electron chi connectivity index (χ3n) is 5.94. The molecule has 0 fully saturated rings. The van der Waals surface area contributed by atoms with Crippen LogP contribution in [0.25, 0.3) is 0 Å². The highest BCUT2D eigenvalue weighted by Crippen LogP contribution is 2.53. The number of carbonyl (C=O) groups is 1. The fourth-order valence-electron chi connectivity index (χ4n) is 4.42. The van der Waals surface area contributed by atoms with E-state index in [0.717, 1.165) is 30.6 Å². The molecule has 0 amide bonds. The van der Waals surface area contributed by atoms with E-state index in [1.807, 2.05) is 6.07 Å². The quantitative estimate of drug-likeness (QED) is 0.557. The maximum absolute atomic E-state index is 10.7. The summed E-state index contributed by atoms with van der Waals surface area (Å²) in [5, 5.41) is 20.1. The van der Waals surface area contributed by atoms with Crippen molar-refractivity contribution in [1.82, 2.24) is 0 Å². The standard InChI is InChI=1S/C21H30O2.C3H7NO2/c1-5-6-7-8-15-12-18(22)20-16-11-14(2)9-10-17(16)21(3,4)23-19(20)13-15;4-2-1-3(5)6/h11-13,16-17,22H,5-10H2,1-4H3;1-2,4H2,(H,5,6)/p-1/t16-,17-;/m1./s1. The molecule has 5 nitrogen and oxygen atoms in total. The van der Waals surface area contributed by atoms with Crippen molar-refractivity contribution in [1.29, 1.82) is 0 Å².